The fourth-order valence-corrected chi connectivity index (χ4v) is 3.57. The minimum atomic E-state index is -1.04. The molecule has 0 radical (unpaired) electrons. The molecular formula is C22H36IN7O. The summed E-state index contributed by atoms with van der Waals surface area (Å²) in [6.45, 7) is 7.58. The smallest absolute Gasteiger partial charge is 0.191 e. The molecule has 0 amide bonds. The molecule has 2 aromatic heterocycles. The SMILES string of the molecule is CCNC(=NCc1ccc(N2CCCCCC2)nc1)NCC(C)(O)c1cnn(C)c1.I. The molecule has 3 rings (SSSR count). The zero-order chi connectivity index (χ0) is 21.4. The molecule has 1 aliphatic heterocycles. The maximum Gasteiger partial charge on any atom is 0.191 e. The number of nitrogens with zero attached hydrogens (tertiary/aromatic N) is 5. The summed E-state index contributed by atoms with van der Waals surface area (Å²) in [5, 5.41) is 21.4. The van der Waals surface area contributed by atoms with Crippen LogP contribution in [0.5, 0.6) is 0 Å². The van der Waals surface area contributed by atoms with E-state index >= 15 is 0 Å². The summed E-state index contributed by atoms with van der Waals surface area (Å²) in [6.07, 6.45) is 10.5. The molecule has 0 saturated carbocycles. The molecule has 1 fully saturated rings. The van der Waals surface area contributed by atoms with Gasteiger partial charge >= 0.3 is 0 Å². The summed E-state index contributed by atoms with van der Waals surface area (Å²) in [5.41, 5.74) is 0.785. The molecule has 31 heavy (non-hydrogen) atoms. The van der Waals surface area contributed by atoms with Crippen molar-refractivity contribution in [2.45, 2.75) is 51.7 Å². The third-order valence-electron chi connectivity index (χ3n) is 5.43. The highest BCUT2D eigenvalue weighted by atomic mass is 127. The maximum absolute atomic E-state index is 10.8. The van der Waals surface area contributed by atoms with Gasteiger partial charge in [0.15, 0.2) is 5.96 Å². The molecule has 0 aliphatic carbocycles. The van der Waals surface area contributed by atoms with Crippen molar-refractivity contribution in [3.63, 3.8) is 0 Å². The quantitative estimate of drug-likeness (QED) is 0.284. The van der Waals surface area contributed by atoms with E-state index in [0.29, 0.717) is 19.0 Å². The highest BCUT2D eigenvalue weighted by molar-refractivity contribution is 14.0. The van der Waals surface area contributed by atoms with Crippen molar-refractivity contribution >= 4 is 35.8 Å². The molecule has 0 aromatic carbocycles. The van der Waals surface area contributed by atoms with Gasteiger partial charge in [-0.1, -0.05) is 18.9 Å². The molecule has 172 valence electrons. The van der Waals surface area contributed by atoms with Crippen molar-refractivity contribution in [3.8, 4) is 0 Å². The minimum absolute atomic E-state index is 0. The van der Waals surface area contributed by atoms with E-state index in [1.807, 2.05) is 26.4 Å². The average molecular weight is 541 g/mol. The van der Waals surface area contributed by atoms with E-state index in [0.717, 1.165) is 36.6 Å². The lowest BCUT2D eigenvalue weighted by Gasteiger charge is -2.23. The van der Waals surface area contributed by atoms with Crippen LogP contribution in [0, 0.1) is 0 Å². The van der Waals surface area contributed by atoms with Crippen LogP contribution in [0.3, 0.4) is 0 Å². The van der Waals surface area contributed by atoms with E-state index in [-0.39, 0.29) is 24.0 Å². The second-order valence-electron chi connectivity index (χ2n) is 8.15. The minimum Gasteiger partial charge on any atom is -0.383 e. The van der Waals surface area contributed by atoms with Crippen LogP contribution in [-0.4, -0.2) is 52.0 Å². The van der Waals surface area contributed by atoms with Crippen LogP contribution in [0.15, 0.2) is 35.7 Å². The fourth-order valence-electron chi connectivity index (χ4n) is 3.57. The number of rotatable bonds is 7. The fraction of sp³-hybridized carbons (Fsp3) is 0.591. The number of anilines is 1. The van der Waals surface area contributed by atoms with E-state index in [1.165, 1.54) is 25.7 Å². The molecular weight excluding hydrogens is 505 g/mol. The third-order valence-corrected chi connectivity index (χ3v) is 5.43. The molecule has 1 saturated heterocycles. The summed E-state index contributed by atoms with van der Waals surface area (Å²) in [4.78, 5) is 11.7. The van der Waals surface area contributed by atoms with E-state index < -0.39 is 5.60 Å². The highest BCUT2D eigenvalue weighted by Gasteiger charge is 2.25. The molecule has 0 spiro atoms. The number of hydrogen-bond donors (Lipinski definition) is 3. The molecule has 3 heterocycles. The van der Waals surface area contributed by atoms with Crippen molar-refractivity contribution in [1.29, 1.82) is 0 Å². The zero-order valence-electron chi connectivity index (χ0n) is 18.8. The number of aromatic nitrogens is 3. The maximum atomic E-state index is 10.8. The van der Waals surface area contributed by atoms with Crippen molar-refractivity contribution in [1.82, 2.24) is 25.4 Å². The first-order valence-corrected chi connectivity index (χ1v) is 10.9. The van der Waals surface area contributed by atoms with Gasteiger partial charge < -0.3 is 20.6 Å². The zero-order valence-corrected chi connectivity index (χ0v) is 21.2. The van der Waals surface area contributed by atoms with Gasteiger partial charge in [-0.3, -0.25) is 4.68 Å². The second-order valence-corrected chi connectivity index (χ2v) is 8.15. The second kappa shape index (κ2) is 12.2. The average Bonchev–Trinajstić information content (AvgIpc) is 3.01. The first-order chi connectivity index (χ1) is 14.5. The number of pyridine rings is 1. The lowest BCUT2D eigenvalue weighted by Crippen LogP contribution is -2.44. The number of aryl methyl sites for hydroxylation is 1. The van der Waals surface area contributed by atoms with Crippen LogP contribution in [0.25, 0.3) is 0 Å². The number of nitrogens with one attached hydrogen (secondary N) is 2. The lowest BCUT2D eigenvalue weighted by molar-refractivity contribution is 0.0616. The Kier molecular flexibility index (Phi) is 10.0. The van der Waals surface area contributed by atoms with Gasteiger partial charge in [0.25, 0.3) is 0 Å². The monoisotopic (exact) mass is 541 g/mol. The van der Waals surface area contributed by atoms with Crippen LogP contribution in [0.1, 0.15) is 50.7 Å². The Hall–Kier alpha value is -1.88. The van der Waals surface area contributed by atoms with E-state index in [1.54, 1.807) is 17.8 Å². The van der Waals surface area contributed by atoms with Crippen LogP contribution >= 0.6 is 24.0 Å². The van der Waals surface area contributed by atoms with Gasteiger partial charge in [-0.2, -0.15) is 5.10 Å². The predicted octanol–water partition coefficient (Wildman–Crippen LogP) is 2.78. The molecule has 9 heteroatoms. The molecule has 2 aromatic rings. The topological polar surface area (TPSA) is 90.6 Å². The van der Waals surface area contributed by atoms with Crippen molar-refractivity contribution < 1.29 is 5.11 Å². The van der Waals surface area contributed by atoms with Gasteiger partial charge in [-0.05, 0) is 38.3 Å². The number of aliphatic hydroxyl groups is 1. The number of aliphatic imine (C=N–C) groups is 1. The number of halogens is 1. The van der Waals surface area contributed by atoms with E-state index in [9.17, 15) is 5.11 Å². The van der Waals surface area contributed by atoms with Gasteiger partial charge in [-0.25, -0.2) is 9.98 Å². The highest BCUT2D eigenvalue weighted by Crippen LogP contribution is 2.19. The Morgan fingerprint density at radius 2 is 1.90 bits per heavy atom. The first kappa shape index (κ1) is 25.4. The molecule has 1 aliphatic rings. The summed E-state index contributed by atoms with van der Waals surface area (Å²) in [6, 6.07) is 4.20. The van der Waals surface area contributed by atoms with Crippen LogP contribution in [-0.2, 0) is 19.2 Å². The normalized spacial score (nSPS) is 16.8. The Bertz CT molecular complexity index is 812. The third kappa shape index (κ3) is 7.64. The van der Waals surface area contributed by atoms with Gasteiger partial charge in [0.2, 0.25) is 0 Å². The Balaban J connectivity index is 0.00000341. The molecule has 1 atom stereocenters. The van der Waals surface area contributed by atoms with Gasteiger partial charge in [0.1, 0.15) is 11.4 Å². The Labute approximate surface area is 202 Å². The molecule has 8 nitrogen and oxygen atoms in total. The molecule has 1 unspecified atom stereocenters. The van der Waals surface area contributed by atoms with Gasteiger partial charge in [0.05, 0.1) is 19.3 Å². The van der Waals surface area contributed by atoms with Crippen molar-refractivity contribution in [2.75, 3.05) is 31.1 Å². The standard InChI is InChI=1S/C22H35N7O.HI/c1-4-23-21(26-17-22(2,30)19-15-27-28(3)16-19)25-14-18-9-10-20(24-13-18)29-11-7-5-6-8-12-29;/h9-10,13,15-16,30H,4-8,11-12,14,17H2,1-3H3,(H2,23,25,26);1H. The lowest BCUT2D eigenvalue weighted by atomic mass is 10.00. The number of guanidine groups is 1. The summed E-state index contributed by atoms with van der Waals surface area (Å²) in [5.74, 6) is 1.72. The van der Waals surface area contributed by atoms with E-state index in [4.69, 9.17) is 0 Å². The van der Waals surface area contributed by atoms with Crippen LogP contribution < -0.4 is 15.5 Å². The summed E-state index contributed by atoms with van der Waals surface area (Å²) < 4.78 is 1.69. The largest absolute Gasteiger partial charge is 0.383 e. The Morgan fingerprint density at radius 3 is 2.48 bits per heavy atom. The first-order valence-electron chi connectivity index (χ1n) is 10.9. The Morgan fingerprint density at radius 1 is 1.16 bits per heavy atom. The van der Waals surface area contributed by atoms with Crippen molar-refractivity contribution in [2.24, 2.45) is 12.0 Å². The van der Waals surface area contributed by atoms with Gasteiger partial charge in [0, 0.05) is 44.6 Å². The van der Waals surface area contributed by atoms with Crippen LogP contribution in [0.4, 0.5) is 5.82 Å². The molecule has 0 bridgehead atoms. The van der Waals surface area contributed by atoms with Gasteiger partial charge in [-0.15, -0.1) is 24.0 Å². The van der Waals surface area contributed by atoms with Crippen molar-refractivity contribution in [3.05, 3.63) is 41.9 Å². The number of hydrogen-bond acceptors (Lipinski definition) is 5. The summed E-state index contributed by atoms with van der Waals surface area (Å²) in [7, 11) is 1.84. The van der Waals surface area contributed by atoms with Crippen LogP contribution in [0.2, 0.25) is 0 Å². The van der Waals surface area contributed by atoms with E-state index in [2.05, 4.69) is 42.7 Å². The summed E-state index contributed by atoms with van der Waals surface area (Å²) >= 11 is 0. The predicted molar refractivity (Wildman–Crippen MR) is 136 cm³/mol. The molecule has 3 N–H and O–H groups in total.